The van der Waals surface area contributed by atoms with Crippen molar-refractivity contribution in [1.82, 2.24) is 0 Å². The predicted octanol–water partition coefficient (Wildman–Crippen LogP) is 3.38. The van der Waals surface area contributed by atoms with E-state index in [4.69, 9.17) is 14.6 Å². The van der Waals surface area contributed by atoms with E-state index in [1.807, 2.05) is 6.07 Å². The van der Waals surface area contributed by atoms with Crippen molar-refractivity contribution in [2.45, 2.75) is 38.5 Å². The van der Waals surface area contributed by atoms with Crippen LogP contribution in [0.15, 0.2) is 18.2 Å². The fraction of sp³-hybridized carbons (Fsp3) is 0.588. The second kappa shape index (κ2) is 7.46. The fourth-order valence-corrected chi connectivity index (χ4v) is 3.00. The van der Waals surface area contributed by atoms with Gasteiger partial charge in [-0.15, -0.1) is 0 Å². The number of aliphatic carboxylic acids is 1. The Labute approximate surface area is 126 Å². The minimum atomic E-state index is -0.658. The molecule has 2 rings (SSSR count). The molecule has 1 aliphatic rings. The smallest absolute Gasteiger partial charge is 0.306 e. The third-order valence-corrected chi connectivity index (χ3v) is 4.23. The van der Waals surface area contributed by atoms with E-state index in [1.165, 1.54) is 11.1 Å². The van der Waals surface area contributed by atoms with Crippen LogP contribution in [0, 0.1) is 12.8 Å². The van der Waals surface area contributed by atoms with Crippen molar-refractivity contribution in [2.24, 2.45) is 5.92 Å². The van der Waals surface area contributed by atoms with E-state index < -0.39 is 5.97 Å². The van der Waals surface area contributed by atoms with Crippen LogP contribution in [0.25, 0.3) is 0 Å². The Morgan fingerprint density at radius 1 is 1.24 bits per heavy atom. The molecule has 0 bridgehead atoms. The van der Waals surface area contributed by atoms with Gasteiger partial charge in [-0.05, 0) is 50.2 Å². The average molecular weight is 292 g/mol. The van der Waals surface area contributed by atoms with Crippen molar-refractivity contribution in [2.75, 3.05) is 20.3 Å². The number of carbonyl (C=O) groups is 1. The molecule has 0 aliphatic heterocycles. The van der Waals surface area contributed by atoms with Crippen LogP contribution < -0.4 is 4.74 Å². The first-order valence-corrected chi connectivity index (χ1v) is 7.57. The molecule has 116 valence electrons. The summed E-state index contributed by atoms with van der Waals surface area (Å²) in [5.41, 5.74) is 2.43. The van der Waals surface area contributed by atoms with Gasteiger partial charge in [-0.1, -0.05) is 17.7 Å². The van der Waals surface area contributed by atoms with Gasteiger partial charge in [0, 0.05) is 7.11 Å². The minimum absolute atomic E-state index is 0.177. The van der Waals surface area contributed by atoms with Gasteiger partial charge in [0.2, 0.25) is 0 Å². The molecule has 1 aromatic rings. The van der Waals surface area contributed by atoms with Gasteiger partial charge >= 0.3 is 5.97 Å². The third kappa shape index (κ3) is 4.21. The van der Waals surface area contributed by atoms with Gasteiger partial charge in [-0.25, -0.2) is 0 Å². The van der Waals surface area contributed by atoms with Crippen LogP contribution in [-0.4, -0.2) is 31.4 Å². The number of carboxylic acid groups (broad SMARTS) is 1. The number of ether oxygens (including phenoxy) is 2. The molecule has 0 aromatic heterocycles. The molecule has 1 fully saturated rings. The van der Waals surface area contributed by atoms with Crippen molar-refractivity contribution in [3.8, 4) is 5.75 Å². The summed E-state index contributed by atoms with van der Waals surface area (Å²) < 4.78 is 10.8. The summed E-state index contributed by atoms with van der Waals surface area (Å²) in [6, 6.07) is 6.24. The van der Waals surface area contributed by atoms with E-state index in [9.17, 15) is 4.79 Å². The first-order valence-electron chi connectivity index (χ1n) is 7.57. The highest BCUT2D eigenvalue weighted by atomic mass is 16.5. The Balaban J connectivity index is 2.07. The van der Waals surface area contributed by atoms with Gasteiger partial charge in [-0.2, -0.15) is 0 Å². The normalized spacial score (nSPS) is 22.0. The fourth-order valence-electron chi connectivity index (χ4n) is 3.00. The van der Waals surface area contributed by atoms with Gasteiger partial charge in [-0.3, -0.25) is 4.79 Å². The van der Waals surface area contributed by atoms with Crippen molar-refractivity contribution in [3.05, 3.63) is 29.3 Å². The van der Waals surface area contributed by atoms with Gasteiger partial charge in [0.25, 0.3) is 0 Å². The minimum Gasteiger partial charge on any atom is -0.491 e. The van der Waals surface area contributed by atoms with Crippen molar-refractivity contribution < 1.29 is 19.4 Å². The van der Waals surface area contributed by atoms with Crippen molar-refractivity contribution in [3.63, 3.8) is 0 Å². The lowest BCUT2D eigenvalue weighted by Crippen LogP contribution is -2.21. The van der Waals surface area contributed by atoms with E-state index in [1.54, 1.807) is 7.11 Å². The SMILES string of the molecule is COCCOc1ccc(C)cc1C1CCC(C(=O)O)CC1. The molecule has 0 saturated heterocycles. The summed E-state index contributed by atoms with van der Waals surface area (Å²) in [6.45, 7) is 3.18. The summed E-state index contributed by atoms with van der Waals surface area (Å²) in [5, 5.41) is 9.10. The van der Waals surface area contributed by atoms with Crippen LogP contribution in [0.3, 0.4) is 0 Å². The maximum atomic E-state index is 11.1. The Morgan fingerprint density at radius 3 is 2.57 bits per heavy atom. The molecule has 0 atom stereocenters. The molecule has 0 heterocycles. The Kier molecular flexibility index (Phi) is 5.62. The topological polar surface area (TPSA) is 55.8 Å². The van der Waals surface area contributed by atoms with Crippen molar-refractivity contribution in [1.29, 1.82) is 0 Å². The summed E-state index contributed by atoms with van der Waals surface area (Å²) in [6.07, 6.45) is 3.35. The van der Waals surface area contributed by atoms with Crippen LogP contribution in [-0.2, 0) is 9.53 Å². The lowest BCUT2D eigenvalue weighted by molar-refractivity contribution is -0.142. The monoisotopic (exact) mass is 292 g/mol. The summed E-state index contributed by atoms with van der Waals surface area (Å²) in [7, 11) is 1.66. The lowest BCUT2D eigenvalue weighted by Gasteiger charge is -2.28. The number of carboxylic acids is 1. The van der Waals surface area contributed by atoms with Gasteiger partial charge in [0.1, 0.15) is 12.4 Å². The van der Waals surface area contributed by atoms with E-state index in [2.05, 4.69) is 19.1 Å². The molecule has 1 N–H and O–H groups in total. The number of rotatable bonds is 6. The Hall–Kier alpha value is -1.55. The summed E-state index contributed by atoms with van der Waals surface area (Å²) in [5.74, 6) is 0.479. The zero-order valence-corrected chi connectivity index (χ0v) is 12.8. The molecule has 1 aromatic carbocycles. The standard InChI is InChI=1S/C17H24O4/c1-12-3-8-16(21-10-9-20-2)15(11-12)13-4-6-14(7-5-13)17(18)19/h3,8,11,13-14H,4-7,9-10H2,1-2H3,(H,18,19). The highest BCUT2D eigenvalue weighted by molar-refractivity contribution is 5.70. The van der Waals surface area contributed by atoms with Gasteiger partial charge in [0.05, 0.1) is 12.5 Å². The molecule has 4 heteroatoms. The largest absolute Gasteiger partial charge is 0.491 e. The molecule has 0 spiro atoms. The van der Waals surface area contributed by atoms with Crippen LogP contribution in [0.4, 0.5) is 0 Å². The maximum absolute atomic E-state index is 11.1. The average Bonchev–Trinajstić information content (AvgIpc) is 2.49. The lowest BCUT2D eigenvalue weighted by atomic mass is 9.78. The van der Waals surface area contributed by atoms with Crippen LogP contribution in [0.5, 0.6) is 5.75 Å². The van der Waals surface area contributed by atoms with E-state index >= 15 is 0 Å². The van der Waals surface area contributed by atoms with Crippen LogP contribution >= 0.6 is 0 Å². The first kappa shape index (κ1) is 15.8. The van der Waals surface area contributed by atoms with E-state index in [0.29, 0.717) is 19.1 Å². The molecular formula is C17H24O4. The van der Waals surface area contributed by atoms with Crippen molar-refractivity contribution >= 4 is 5.97 Å². The highest BCUT2D eigenvalue weighted by Gasteiger charge is 2.28. The maximum Gasteiger partial charge on any atom is 0.306 e. The predicted molar refractivity (Wildman–Crippen MR) is 80.9 cm³/mol. The summed E-state index contributed by atoms with van der Waals surface area (Å²) >= 11 is 0. The Morgan fingerprint density at radius 2 is 1.95 bits per heavy atom. The number of aryl methyl sites for hydroxylation is 1. The van der Waals surface area contributed by atoms with E-state index in [0.717, 1.165) is 31.4 Å². The second-order valence-corrected chi connectivity index (χ2v) is 5.77. The quantitative estimate of drug-likeness (QED) is 0.817. The van der Waals surface area contributed by atoms with Crippen LogP contribution in [0.2, 0.25) is 0 Å². The third-order valence-electron chi connectivity index (χ3n) is 4.23. The molecule has 4 nitrogen and oxygen atoms in total. The zero-order valence-electron chi connectivity index (χ0n) is 12.8. The molecule has 0 radical (unpaired) electrons. The molecule has 0 unspecified atom stereocenters. The van der Waals surface area contributed by atoms with Gasteiger partial charge in [0.15, 0.2) is 0 Å². The molecule has 1 aliphatic carbocycles. The number of benzene rings is 1. The van der Waals surface area contributed by atoms with Gasteiger partial charge < -0.3 is 14.6 Å². The number of methoxy groups -OCH3 is 1. The number of hydrogen-bond donors (Lipinski definition) is 1. The number of hydrogen-bond acceptors (Lipinski definition) is 3. The zero-order chi connectivity index (χ0) is 15.2. The molecule has 21 heavy (non-hydrogen) atoms. The molecular weight excluding hydrogens is 268 g/mol. The molecule has 1 saturated carbocycles. The first-order chi connectivity index (χ1) is 10.1. The summed E-state index contributed by atoms with van der Waals surface area (Å²) in [4.78, 5) is 11.1. The molecule has 0 amide bonds. The Bertz CT molecular complexity index is 476. The van der Waals surface area contributed by atoms with E-state index in [-0.39, 0.29) is 5.92 Å². The second-order valence-electron chi connectivity index (χ2n) is 5.77. The highest BCUT2D eigenvalue weighted by Crippen LogP contribution is 2.40. The van der Waals surface area contributed by atoms with Crippen LogP contribution in [0.1, 0.15) is 42.7 Å².